The maximum absolute atomic E-state index is 13.3. The third kappa shape index (κ3) is 3.60. The second kappa shape index (κ2) is 5.94. The lowest BCUT2D eigenvalue weighted by Gasteiger charge is -1.99. The van der Waals surface area contributed by atoms with Gasteiger partial charge >= 0.3 is 0 Å². The largest absolute Gasteiger partial charge is 0.330 e. The van der Waals surface area contributed by atoms with E-state index in [4.69, 9.17) is 5.73 Å². The van der Waals surface area contributed by atoms with Gasteiger partial charge in [-0.15, -0.1) is 0 Å². The van der Waals surface area contributed by atoms with E-state index in [2.05, 4.69) is 15.9 Å². The standard InChI is InChI=1S/C11H13BrFN/c12-10-6-5-9(11(13)8-10)4-2-1-3-7-14/h1-2,5-6,8H,3-4,7,14H2. The zero-order valence-electron chi connectivity index (χ0n) is 7.84. The first-order valence-corrected chi connectivity index (χ1v) is 5.32. The Hall–Kier alpha value is -0.670. The Bertz CT molecular complexity index is 323. The normalized spacial score (nSPS) is 11.1. The van der Waals surface area contributed by atoms with Crippen molar-refractivity contribution >= 4 is 15.9 Å². The van der Waals surface area contributed by atoms with E-state index in [9.17, 15) is 4.39 Å². The number of halogens is 2. The van der Waals surface area contributed by atoms with Crippen molar-refractivity contribution in [3.8, 4) is 0 Å². The average molecular weight is 258 g/mol. The van der Waals surface area contributed by atoms with Crippen LogP contribution in [-0.2, 0) is 6.42 Å². The monoisotopic (exact) mass is 257 g/mol. The predicted octanol–water partition coefficient (Wildman–Crippen LogP) is 3.04. The minimum atomic E-state index is -0.170. The highest BCUT2D eigenvalue weighted by molar-refractivity contribution is 9.10. The van der Waals surface area contributed by atoms with E-state index in [1.54, 1.807) is 6.07 Å². The van der Waals surface area contributed by atoms with E-state index in [1.807, 2.05) is 18.2 Å². The van der Waals surface area contributed by atoms with Gasteiger partial charge in [0.25, 0.3) is 0 Å². The molecule has 3 heteroatoms. The van der Waals surface area contributed by atoms with Gasteiger partial charge in [0.2, 0.25) is 0 Å². The lowest BCUT2D eigenvalue weighted by Crippen LogP contribution is -1.95. The lowest BCUT2D eigenvalue weighted by atomic mass is 10.1. The van der Waals surface area contributed by atoms with E-state index in [0.29, 0.717) is 18.5 Å². The molecule has 1 nitrogen and oxygen atoms in total. The fraction of sp³-hybridized carbons (Fsp3) is 0.273. The van der Waals surface area contributed by atoms with Crippen LogP contribution in [0.5, 0.6) is 0 Å². The van der Waals surface area contributed by atoms with Crippen LogP contribution in [-0.4, -0.2) is 6.54 Å². The summed E-state index contributed by atoms with van der Waals surface area (Å²) in [5, 5.41) is 0. The first kappa shape index (κ1) is 11.4. The molecule has 0 unspecified atom stereocenters. The maximum atomic E-state index is 13.3. The van der Waals surface area contributed by atoms with Gasteiger partial charge in [-0.1, -0.05) is 34.1 Å². The number of allylic oxidation sites excluding steroid dienone is 1. The zero-order valence-corrected chi connectivity index (χ0v) is 9.43. The maximum Gasteiger partial charge on any atom is 0.127 e. The van der Waals surface area contributed by atoms with Gasteiger partial charge in [-0.25, -0.2) is 4.39 Å². The molecule has 0 saturated heterocycles. The van der Waals surface area contributed by atoms with E-state index >= 15 is 0 Å². The molecule has 76 valence electrons. The molecule has 0 aliphatic heterocycles. The first-order valence-electron chi connectivity index (χ1n) is 4.53. The van der Waals surface area contributed by atoms with Crippen molar-refractivity contribution in [2.24, 2.45) is 5.73 Å². The van der Waals surface area contributed by atoms with Crippen LogP contribution in [0.15, 0.2) is 34.8 Å². The van der Waals surface area contributed by atoms with Crippen LogP contribution in [0.1, 0.15) is 12.0 Å². The van der Waals surface area contributed by atoms with Crippen LogP contribution in [0.4, 0.5) is 4.39 Å². The topological polar surface area (TPSA) is 26.0 Å². The lowest BCUT2D eigenvalue weighted by molar-refractivity contribution is 0.614. The molecule has 1 aromatic carbocycles. The molecule has 2 N–H and O–H groups in total. The summed E-state index contributed by atoms with van der Waals surface area (Å²) in [5.41, 5.74) is 6.04. The summed E-state index contributed by atoms with van der Waals surface area (Å²) in [4.78, 5) is 0. The third-order valence-electron chi connectivity index (χ3n) is 1.85. The van der Waals surface area contributed by atoms with E-state index in [-0.39, 0.29) is 5.82 Å². The molecule has 0 fully saturated rings. The molecule has 0 aliphatic carbocycles. The summed E-state index contributed by atoms with van der Waals surface area (Å²) in [6.45, 7) is 0.638. The highest BCUT2D eigenvalue weighted by Crippen LogP contribution is 2.15. The molecule has 0 aromatic heterocycles. The first-order chi connectivity index (χ1) is 6.74. The van der Waals surface area contributed by atoms with Crippen LogP contribution in [0.3, 0.4) is 0 Å². The smallest absolute Gasteiger partial charge is 0.127 e. The molecule has 0 atom stereocenters. The van der Waals surface area contributed by atoms with Gasteiger partial charge in [-0.2, -0.15) is 0 Å². The summed E-state index contributed by atoms with van der Waals surface area (Å²) >= 11 is 3.21. The number of hydrogen-bond acceptors (Lipinski definition) is 1. The Morgan fingerprint density at radius 3 is 2.79 bits per heavy atom. The van der Waals surface area contributed by atoms with E-state index < -0.39 is 0 Å². The van der Waals surface area contributed by atoms with Crippen LogP contribution in [0.2, 0.25) is 0 Å². The molecule has 14 heavy (non-hydrogen) atoms. The molecule has 1 aromatic rings. The van der Waals surface area contributed by atoms with Gasteiger partial charge in [-0.3, -0.25) is 0 Å². The van der Waals surface area contributed by atoms with Gasteiger partial charge in [0.05, 0.1) is 0 Å². The number of rotatable bonds is 4. The summed E-state index contributed by atoms with van der Waals surface area (Å²) in [5.74, 6) is -0.170. The quantitative estimate of drug-likeness (QED) is 0.825. The number of nitrogens with two attached hydrogens (primary N) is 1. The molecule has 1 rings (SSSR count). The summed E-state index contributed by atoms with van der Waals surface area (Å²) < 4.78 is 14.0. The molecule has 0 aliphatic rings. The second-order valence-corrected chi connectivity index (χ2v) is 3.90. The van der Waals surface area contributed by atoms with Crippen LogP contribution < -0.4 is 5.73 Å². The van der Waals surface area contributed by atoms with Crippen molar-refractivity contribution in [1.29, 1.82) is 0 Å². The fourth-order valence-electron chi connectivity index (χ4n) is 1.11. The van der Waals surface area contributed by atoms with Gasteiger partial charge < -0.3 is 5.73 Å². The molecule has 0 amide bonds. The van der Waals surface area contributed by atoms with Crippen LogP contribution in [0.25, 0.3) is 0 Å². The van der Waals surface area contributed by atoms with Crippen molar-refractivity contribution in [1.82, 2.24) is 0 Å². The number of hydrogen-bond donors (Lipinski definition) is 1. The van der Waals surface area contributed by atoms with E-state index in [1.165, 1.54) is 6.07 Å². The number of benzene rings is 1. The van der Waals surface area contributed by atoms with Crippen molar-refractivity contribution in [2.75, 3.05) is 6.54 Å². The highest BCUT2D eigenvalue weighted by atomic mass is 79.9. The minimum absolute atomic E-state index is 0.170. The zero-order chi connectivity index (χ0) is 10.4. The van der Waals surface area contributed by atoms with E-state index in [0.717, 1.165) is 10.9 Å². The molecular formula is C11H13BrFN. The van der Waals surface area contributed by atoms with Gasteiger partial charge in [0.15, 0.2) is 0 Å². The van der Waals surface area contributed by atoms with Crippen molar-refractivity contribution in [3.63, 3.8) is 0 Å². The molecular weight excluding hydrogens is 245 g/mol. The Morgan fingerprint density at radius 1 is 1.36 bits per heavy atom. The molecule has 0 bridgehead atoms. The van der Waals surface area contributed by atoms with Crippen LogP contribution >= 0.6 is 15.9 Å². The SMILES string of the molecule is NCCC=CCc1ccc(Br)cc1F. The summed E-state index contributed by atoms with van der Waals surface area (Å²) in [6.07, 6.45) is 5.39. The van der Waals surface area contributed by atoms with Gasteiger partial charge in [-0.05, 0) is 37.1 Å². The Morgan fingerprint density at radius 2 is 2.14 bits per heavy atom. The summed E-state index contributed by atoms with van der Waals surface area (Å²) in [7, 11) is 0. The van der Waals surface area contributed by atoms with Gasteiger partial charge in [0, 0.05) is 4.47 Å². The Labute approximate surface area is 91.9 Å². The van der Waals surface area contributed by atoms with Crippen molar-refractivity contribution in [3.05, 3.63) is 46.2 Å². The second-order valence-electron chi connectivity index (χ2n) is 2.99. The molecule has 0 spiro atoms. The summed E-state index contributed by atoms with van der Waals surface area (Å²) in [6, 6.07) is 5.10. The molecule has 0 heterocycles. The van der Waals surface area contributed by atoms with Crippen molar-refractivity contribution < 1.29 is 4.39 Å². The Balaban J connectivity index is 2.59. The fourth-order valence-corrected chi connectivity index (χ4v) is 1.44. The Kier molecular flexibility index (Phi) is 4.84. The third-order valence-corrected chi connectivity index (χ3v) is 2.35. The van der Waals surface area contributed by atoms with Crippen molar-refractivity contribution in [2.45, 2.75) is 12.8 Å². The molecule has 0 radical (unpaired) electrons. The average Bonchev–Trinajstić information content (AvgIpc) is 2.15. The predicted molar refractivity (Wildman–Crippen MR) is 60.6 cm³/mol. The highest BCUT2D eigenvalue weighted by Gasteiger charge is 1.99. The molecule has 0 saturated carbocycles. The van der Waals surface area contributed by atoms with Crippen LogP contribution in [0, 0.1) is 5.82 Å². The minimum Gasteiger partial charge on any atom is -0.330 e. The van der Waals surface area contributed by atoms with Gasteiger partial charge in [0.1, 0.15) is 5.82 Å².